The van der Waals surface area contributed by atoms with Gasteiger partial charge in [0.1, 0.15) is 12.6 Å². The average Bonchev–Trinajstić information content (AvgIpc) is 2.86. The molecule has 0 heterocycles. The van der Waals surface area contributed by atoms with Crippen LogP contribution in [0.3, 0.4) is 0 Å². The fourth-order valence-corrected chi connectivity index (χ4v) is 5.73. The Morgan fingerprint density at radius 2 is 1.62 bits per heavy atom. The SMILES string of the molecule is CC(C)c1ccccc1N(CC(=O)N(Cc1ccc(Cl)cc1)C(C)C(=O)NC1CCCCC1)S(C)(=O)=O. The molecular weight excluding hydrogens is 510 g/mol. The molecule has 0 aromatic heterocycles. The van der Waals surface area contributed by atoms with Crippen molar-refractivity contribution < 1.29 is 18.0 Å². The maximum Gasteiger partial charge on any atom is 0.244 e. The zero-order valence-electron chi connectivity index (χ0n) is 22.1. The molecule has 0 radical (unpaired) electrons. The highest BCUT2D eigenvalue weighted by Gasteiger charge is 2.32. The van der Waals surface area contributed by atoms with Gasteiger partial charge in [-0.05, 0) is 55.0 Å². The number of anilines is 1. The van der Waals surface area contributed by atoms with Crippen LogP contribution in [0.1, 0.15) is 69.9 Å². The molecule has 2 aromatic carbocycles. The molecule has 1 N–H and O–H groups in total. The fourth-order valence-electron chi connectivity index (χ4n) is 4.74. The first kappa shape index (κ1) is 29.0. The largest absolute Gasteiger partial charge is 0.352 e. The third kappa shape index (κ3) is 7.95. The van der Waals surface area contributed by atoms with E-state index in [1.807, 2.05) is 26.0 Å². The molecule has 9 heteroatoms. The van der Waals surface area contributed by atoms with Crippen molar-refractivity contribution in [1.82, 2.24) is 10.2 Å². The molecule has 1 saturated carbocycles. The van der Waals surface area contributed by atoms with E-state index in [-0.39, 0.29) is 24.4 Å². The summed E-state index contributed by atoms with van der Waals surface area (Å²) in [5, 5.41) is 3.67. The molecule has 1 aliphatic carbocycles. The van der Waals surface area contributed by atoms with Crippen molar-refractivity contribution in [3.63, 3.8) is 0 Å². The van der Waals surface area contributed by atoms with Crippen LogP contribution in [-0.2, 0) is 26.2 Å². The monoisotopic (exact) mass is 547 g/mol. The molecule has 3 rings (SSSR count). The van der Waals surface area contributed by atoms with Gasteiger partial charge in [-0.2, -0.15) is 0 Å². The number of nitrogens with zero attached hydrogens (tertiary/aromatic N) is 2. The molecular formula is C28H38ClN3O4S. The number of carbonyl (C=O) groups is 2. The summed E-state index contributed by atoms with van der Waals surface area (Å²) in [6.07, 6.45) is 6.27. The van der Waals surface area contributed by atoms with Crippen molar-refractivity contribution in [1.29, 1.82) is 0 Å². The lowest BCUT2D eigenvalue weighted by Gasteiger charge is -2.33. The molecule has 0 saturated heterocycles. The molecule has 37 heavy (non-hydrogen) atoms. The van der Waals surface area contributed by atoms with Crippen LogP contribution in [0.2, 0.25) is 5.02 Å². The quantitative estimate of drug-likeness (QED) is 0.448. The van der Waals surface area contributed by atoms with E-state index in [1.54, 1.807) is 43.3 Å². The second-order valence-corrected chi connectivity index (χ2v) is 12.5. The van der Waals surface area contributed by atoms with Gasteiger partial charge in [-0.25, -0.2) is 8.42 Å². The van der Waals surface area contributed by atoms with E-state index in [1.165, 1.54) is 11.3 Å². The first-order valence-corrected chi connectivity index (χ1v) is 15.1. The second-order valence-electron chi connectivity index (χ2n) is 10.2. The standard InChI is InChI=1S/C28H38ClN3O4S/c1-20(2)25-12-8-9-13-26(25)32(37(4,35)36)19-27(33)31(18-22-14-16-23(29)17-15-22)21(3)28(34)30-24-10-6-5-7-11-24/h8-9,12-17,20-21,24H,5-7,10-11,18-19H2,1-4H3,(H,30,34). The summed E-state index contributed by atoms with van der Waals surface area (Å²) in [5.74, 6) is -0.631. The molecule has 1 aliphatic rings. The van der Waals surface area contributed by atoms with Gasteiger partial charge in [-0.3, -0.25) is 13.9 Å². The Bertz CT molecular complexity index is 1180. The van der Waals surface area contributed by atoms with Gasteiger partial charge >= 0.3 is 0 Å². The summed E-state index contributed by atoms with van der Waals surface area (Å²) in [6, 6.07) is 13.6. The van der Waals surface area contributed by atoms with Crippen LogP contribution in [0.5, 0.6) is 0 Å². The summed E-state index contributed by atoms with van der Waals surface area (Å²) in [6.45, 7) is 5.39. The Labute approximate surface area is 226 Å². The van der Waals surface area contributed by atoms with E-state index in [9.17, 15) is 18.0 Å². The van der Waals surface area contributed by atoms with Gasteiger partial charge < -0.3 is 10.2 Å². The average molecular weight is 548 g/mol. The number of hydrogen-bond donors (Lipinski definition) is 1. The number of sulfonamides is 1. The summed E-state index contributed by atoms with van der Waals surface area (Å²) >= 11 is 6.04. The predicted octanol–water partition coefficient (Wildman–Crippen LogP) is 5.10. The van der Waals surface area contributed by atoms with Gasteiger partial charge in [0.15, 0.2) is 0 Å². The number of rotatable bonds is 10. The molecule has 202 valence electrons. The summed E-state index contributed by atoms with van der Waals surface area (Å²) in [7, 11) is -3.78. The van der Waals surface area contributed by atoms with Crippen LogP contribution in [0.4, 0.5) is 5.69 Å². The number of carbonyl (C=O) groups excluding carboxylic acids is 2. The zero-order valence-corrected chi connectivity index (χ0v) is 23.7. The molecule has 1 unspecified atom stereocenters. The van der Waals surface area contributed by atoms with Crippen LogP contribution in [-0.4, -0.2) is 50.0 Å². The van der Waals surface area contributed by atoms with E-state index in [0.717, 1.165) is 47.4 Å². The summed E-state index contributed by atoms with van der Waals surface area (Å²) in [5.41, 5.74) is 2.09. The van der Waals surface area contributed by atoms with Crippen molar-refractivity contribution in [2.45, 2.75) is 77.4 Å². The van der Waals surface area contributed by atoms with Crippen LogP contribution in [0, 0.1) is 0 Å². The Hall–Kier alpha value is -2.58. The summed E-state index contributed by atoms with van der Waals surface area (Å²) < 4.78 is 26.9. The van der Waals surface area contributed by atoms with Gasteiger partial charge in [-0.15, -0.1) is 0 Å². The van der Waals surface area contributed by atoms with Gasteiger partial charge in [0.2, 0.25) is 21.8 Å². The number of amides is 2. The smallest absolute Gasteiger partial charge is 0.244 e. The molecule has 0 bridgehead atoms. The fraction of sp³-hybridized carbons (Fsp3) is 0.500. The molecule has 0 spiro atoms. The highest BCUT2D eigenvalue weighted by Crippen LogP contribution is 2.29. The van der Waals surface area contributed by atoms with Crippen molar-refractivity contribution >= 4 is 39.1 Å². The van der Waals surface area contributed by atoms with Gasteiger partial charge in [0.05, 0.1) is 11.9 Å². The molecule has 2 amide bonds. The third-order valence-electron chi connectivity index (χ3n) is 6.89. The normalized spacial score (nSPS) is 15.3. The maximum absolute atomic E-state index is 13.8. The van der Waals surface area contributed by atoms with E-state index in [4.69, 9.17) is 11.6 Å². The lowest BCUT2D eigenvalue weighted by atomic mass is 9.95. The van der Waals surface area contributed by atoms with E-state index in [2.05, 4.69) is 5.32 Å². The number of halogens is 1. The van der Waals surface area contributed by atoms with Crippen LogP contribution >= 0.6 is 11.6 Å². The first-order chi connectivity index (χ1) is 17.5. The molecule has 7 nitrogen and oxygen atoms in total. The minimum Gasteiger partial charge on any atom is -0.352 e. The van der Waals surface area contributed by atoms with E-state index >= 15 is 0 Å². The van der Waals surface area contributed by atoms with Crippen molar-refractivity contribution in [3.8, 4) is 0 Å². The number of hydrogen-bond acceptors (Lipinski definition) is 4. The minimum atomic E-state index is -3.78. The molecule has 1 fully saturated rings. The predicted molar refractivity (Wildman–Crippen MR) is 149 cm³/mol. The lowest BCUT2D eigenvalue weighted by molar-refractivity contribution is -0.139. The number of benzene rings is 2. The maximum atomic E-state index is 13.8. The molecule has 2 aromatic rings. The lowest BCUT2D eigenvalue weighted by Crippen LogP contribution is -2.53. The number of para-hydroxylation sites is 1. The third-order valence-corrected chi connectivity index (χ3v) is 8.27. The van der Waals surface area contributed by atoms with Crippen molar-refractivity contribution in [2.75, 3.05) is 17.1 Å². The Kier molecular flexibility index (Phi) is 10.0. The van der Waals surface area contributed by atoms with E-state index < -0.39 is 28.5 Å². The van der Waals surface area contributed by atoms with Crippen LogP contribution in [0.15, 0.2) is 48.5 Å². The Morgan fingerprint density at radius 1 is 1.00 bits per heavy atom. The first-order valence-electron chi connectivity index (χ1n) is 12.9. The van der Waals surface area contributed by atoms with Gasteiger partial charge in [-0.1, -0.05) is 75.0 Å². The molecule has 0 aliphatic heterocycles. The van der Waals surface area contributed by atoms with Crippen molar-refractivity contribution in [2.24, 2.45) is 0 Å². The van der Waals surface area contributed by atoms with Crippen LogP contribution < -0.4 is 9.62 Å². The van der Waals surface area contributed by atoms with Gasteiger partial charge in [0.25, 0.3) is 0 Å². The Balaban J connectivity index is 1.91. The molecule has 1 atom stereocenters. The second kappa shape index (κ2) is 12.8. The summed E-state index contributed by atoms with van der Waals surface area (Å²) in [4.78, 5) is 28.5. The Morgan fingerprint density at radius 3 is 2.22 bits per heavy atom. The highest BCUT2D eigenvalue weighted by atomic mass is 35.5. The number of nitrogens with one attached hydrogen (secondary N) is 1. The zero-order chi connectivity index (χ0) is 27.2. The minimum absolute atomic E-state index is 0.0564. The van der Waals surface area contributed by atoms with Gasteiger partial charge in [0, 0.05) is 17.6 Å². The van der Waals surface area contributed by atoms with Crippen molar-refractivity contribution in [3.05, 3.63) is 64.7 Å². The topological polar surface area (TPSA) is 86.8 Å². The highest BCUT2D eigenvalue weighted by molar-refractivity contribution is 7.92. The van der Waals surface area contributed by atoms with Crippen LogP contribution in [0.25, 0.3) is 0 Å². The van der Waals surface area contributed by atoms with E-state index in [0.29, 0.717) is 10.7 Å².